The van der Waals surface area contributed by atoms with Crippen LogP contribution in [0.5, 0.6) is 11.5 Å². The molecule has 0 aliphatic carbocycles. The van der Waals surface area contributed by atoms with Crippen molar-refractivity contribution in [1.29, 1.82) is 0 Å². The zero-order chi connectivity index (χ0) is 23.0. The molecule has 1 saturated heterocycles. The predicted molar refractivity (Wildman–Crippen MR) is 125 cm³/mol. The Morgan fingerprint density at radius 1 is 1.09 bits per heavy atom. The van der Waals surface area contributed by atoms with E-state index in [2.05, 4.69) is 10.2 Å². The predicted octanol–water partition coefficient (Wildman–Crippen LogP) is 2.47. The fraction of sp³-hybridized carbons (Fsp3) is 0.435. The number of carbonyl (C=O) groups excluding carboxylic acids is 1. The van der Waals surface area contributed by atoms with Gasteiger partial charge in [0, 0.05) is 19.6 Å². The molecule has 0 saturated carbocycles. The van der Waals surface area contributed by atoms with Crippen LogP contribution in [0.3, 0.4) is 0 Å². The summed E-state index contributed by atoms with van der Waals surface area (Å²) < 4.78 is 37.2. The van der Waals surface area contributed by atoms with Gasteiger partial charge < -0.3 is 14.8 Å². The number of sulfonamides is 1. The molecular weight excluding hydrogens is 430 g/mol. The van der Waals surface area contributed by atoms with Crippen LogP contribution >= 0.6 is 0 Å². The maximum Gasteiger partial charge on any atom is 0.243 e. The Morgan fingerprint density at radius 2 is 1.72 bits per heavy atom. The monoisotopic (exact) mass is 461 g/mol. The lowest BCUT2D eigenvalue weighted by molar-refractivity contribution is -0.121. The zero-order valence-electron chi connectivity index (χ0n) is 18.6. The van der Waals surface area contributed by atoms with Crippen molar-refractivity contribution in [3.8, 4) is 11.5 Å². The molecule has 8 nitrogen and oxygen atoms in total. The van der Waals surface area contributed by atoms with Crippen LogP contribution in [0.25, 0.3) is 0 Å². The summed E-state index contributed by atoms with van der Waals surface area (Å²) in [5, 5.41) is 2.86. The van der Waals surface area contributed by atoms with Crippen LogP contribution in [-0.4, -0.2) is 70.9 Å². The highest BCUT2D eigenvalue weighted by atomic mass is 32.2. The van der Waals surface area contributed by atoms with E-state index in [1.165, 1.54) is 0 Å². The van der Waals surface area contributed by atoms with Crippen molar-refractivity contribution in [2.75, 3.05) is 50.0 Å². The highest BCUT2D eigenvalue weighted by Gasteiger charge is 2.29. The van der Waals surface area contributed by atoms with Crippen LogP contribution in [0.2, 0.25) is 0 Å². The summed E-state index contributed by atoms with van der Waals surface area (Å²) in [7, 11) is -3.67. The summed E-state index contributed by atoms with van der Waals surface area (Å²) in [6, 6.07) is 15.1. The fourth-order valence-electron chi connectivity index (χ4n) is 3.58. The number of ether oxygens (including phenoxy) is 2. The molecule has 0 aromatic heterocycles. The maximum absolute atomic E-state index is 12.7. The molecule has 9 heteroatoms. The van der Waals surface area contributed by atoms with Gasteiger partial charge in [0.2, 0.25) is 15.9 Å². The van der Waals surface area contributed by atoms with E-state index in [0.29, 0.717) is 23.7 Å². The van der Waals surface area contributed by atoms with Crippen molar-refractivity contribution < 1.29 is 22.7 Å². The first kappa shape index (κ1) is 24.0. The topological polar surface area (TPSA) is 88.2 Å². The summed E-state index contributed by atoms with van der Waals surface area (Å²) >= 11 is 0. The Bertz CT molecular complexity index is 961. The van der Waals surface area contributed by atoms with Crippen molar-refractivity contribution in [3.63, 3.8) is 0 Å². The average Bonchev–Trinajstić information content (AvgIpc) is 2.78. The lowest BCUT2D eigenvalue weighted by Crippen LogP contribution is -2.48. The van der Waals surface area contributed by atoms with Gasteiger partial charge in [-0.2, -0.15) is 0 Å². The van der Waals surface area contributed by atoms with Gasteiger partial charge in [-0.15, -0.1) is 0 Å². The van der Waals surface area contributed by atoms with Gasteiger partial charge in [0.25, 0.3) is 0 Å². The second kappa shape index (κ2) is 11.3. The largest absolute Gasteiger partial charge is 0.457 e. The second-order valence-corrected chi connectivity index (χ2v) is 9.60. The minimum Gasteiger partial charge on any atom is -0.457 e. The average molecular weight is 462 g/mol. The van der Waals surface area contributed by atoms with E-state index in [1.807, 2.05) is 30.3 Å². The van der Waals surface area contributed by atoms with Crippen molar-refractivity contribution in [2.24, 2.45) is 0 Å². The molecule has 1 N–H and O–H groups in total. The molecule has 0 bridgehead atoms. The maximum atomic E-state index is 12.7. The normalized spacial score (nSPS) is 15.7. The first-order valence-electron chi connectivity index (χ1n) is 10.7. The molecule has 0 spiro atoms. The number of nitrogens with one attached hydrogen (secondary N) is 1. The van der Waals surface area contributed by atoms with Crippen LogP contribution in [-0.2, 0) is 19.6 Å². The minimum atomic E-state index is -3.67. The Kier molecular flexibility index (Phi) is 8.49. The molecule has 0 unspecified atom stereocenters. The van der Waals surface area contributed by atoms with Gasteiger partial charge in [-0.25, -0.2) is 8.42 Å². The Hall–Kier alpha value is -2.62. The van der Waals surface area contributed by atoms with E-state index in [9.17, 15) is 13.2 Å². The number of rotatable bonds is 10. The molecule has 0 radical (unpaired) electrons. The SMILES string of the molecule is C[C@H](C(=O)NCCCN1CCOCC1)N(c1ccc(Oc2ccccc2)cc1)S(C)(=O)=O. The number of hydrogen-bond donors (Lipinski definition) is 1. The first-order valence-corrected chi connectivity index (χ1v) is 12.6. The summed E-state index contributed by atoms with van der Waals surface area (Å²) in [4.78, 5) is 15.0. The summed E-state index contributed by atoms with van der Waals surface area (Å²) in [5.74, 6) is 0.931. The van der Waals surface area contributed by atoms with E-state index in [4.69, 9.17) is 9.47 Å². The van der Waals surface area contributed by atoms with E-state index >= 15 is 0 Å². The van der Waals surface area contributed by atoms with E-state index in [-0.39, 0.29) is 5.91 Å². The van der Waals surface area contributed by atoms with Crippen LogP contribution in [0.15, 0.2) is 54.6 Å². The van der Waals surface area contributed by atoms with Crippen molar-refractivity contribution in [3.05, 3.63) is 54.6 Å². The Balaban J connectivity index is 1.59. The molecule has 1 fully saturated rings. The van der Waals surface area contributed by atoms with Crippen LogP contribution in [0, 0.1) is 0 Å². The number of morpholine rings is 1. The quantitative estimate of drug-likeness (QED) is 0.547. The summed E-state index contributed by atoms with van der Waals surface area (Å²) in [6.07, 6.45) is 1.90. The zero-order valence-corrected chi connectivity index (χ0v) is 19.4. The number of amides is 1. The van der Waals surface area contributed by atoms with Gasteiger partial charge in [-0.1, -0.05) is 18.2 Å². The van der Waals surface area contributed by atoms with Gasteiger partial charge >= 0.3 is 0 Å². The molecular formula is C23H31N3O5S. The number of anilines is 1. The third kappa shape index (κ3) is 6.94. The highest BCUT2D eigenvalue weighted by Crippen LogP contribution is 2.26. The van der Waals surface area contributed by atoms with E-state index in [0.717, 1.165) is 49.8 Å². The van der Waals surface area contributed by atoms with Crippen molar-refractivity contribution in [2.45, 2.75) is 19.4 Å². The minimum absolute atomic E-state index is 0.331. The van der Waals surface area contributed by atoms with Crippen LogP contribution < -0.4 is 14.4 Å². The Morgan fingerprint density at radius 3 is 2.34 bits per heavy atom. The van der Waals surface area contributed by atoms with Crippen LogP contribution in [0.1, 0.15) is 13.3 Å². The summed E-state index contributed by atoms with van der Waals surface area (Å²) in [6.45, 7) is 6.22. The van der Waals surface area contributed by atoms with Gasteiger partial charge in [0.15, 0.2) is 0 Å². The number of para-hydroxylation sites is 1. The molecule has 32 heavy (non-hydrogen) atoms. The fourth-order valence-corrected chi connectivity index (χ4v) is 4.76. The van der Waals surface area contributed by atoms with E-state index < -0.39 is 16.1 Å². The third-order valence-corrected chi connectivity index (χ3v) is 6.45. The van der Waals surface area contributed by atoms with Crippen molar-refractivity contribution >= 4 is 21.6 Å². The molecule has 174 valence electrons. The molecule has 1 aliphatic rings. The molecule has 2 aromatic carbocycles. The van der Waals surface area contributed by atoms with Gasteiger partial charge in [-0.05, 0) is 56.3 Å². The molecule has 1 heterocycles. The molecule has 1 atom stereocenters. The van der Waals surface area contributed by atoms with Gasteiger partial charge in [0.05, 0.1) is 25.2 Å². The Labute approximate surface area is 190 Å². The number of hydrogen-bond acceptors (Lipinski definition) is 6. The van der Waals surface area contributed by atoms with Crippen LogP contribution in [0.4, 0.5) is 5.69 Å². The summed E-state index contributed by atoms with van der Waals surface area (Å²) in [5.41, 5.74) is 0.406. The molecule has 1 amide bonds. The highest BCUT2D eigenvalue weighted by molar-refractivity contribution is 7.92. The van der Waals surface area contributed by atoms with Gasteiger partial charge in [0.1, 0.15) is 17.5 Å². The van der Waals surface area contributed by atoms with Gasteiger partial charge in [-0.3, -0.25) is 14.0 Å². The number of benzene rings is 2. The molecule has 2 aromatic rings. The lowest BCUT2D eigenvalue weighted by atomic mass is 10.2. The molecule has 1 aliphatic heterocycles. The van der Waals surface area contributed by atoms with E-state index in [1.54, 1.807) is 31.2 Å². The first-order chi connectivity index (χ1) is 15.3. The smallest absolute Gasteiger partial charge is 0.243 e. The van der Waals surface area contributed by atoms with Crippen molar-refractivity contribution in [1.82, 2.24) is 10.2 Å². The second-order valence-electron chi connectivity index (χ2n) is 7.74. The lowest BCUT2D eigenvalue weighted by Gasteiger charge is -2.29. The standard InChI is InChI=1S/C23H31N3O5S/c1-19(23(27)24-13-6-14-25-15-17-30-18-16-25)26(32(2,28)29)20-9-11-22(12-10-20)31-21-7-4-3-5-8-21/h3-5,7-12,19H,6,13-18H2,1-2H3,(H,24,27)/t19-/m1/s1. The number of carbonyl (C=O) groups is 1. The molecule has 3 rings (SSSR count). The number of nitrogens with zero attached hydrogens (tertiary/aromatic N) is 2. The third-order valence-electron chi connectivity index (χ3n) is 5.21.